The Bertz CT molecular complexity index is 914. The average molecular weight is 378 g/mol. The van der Waals surface area contributed by atoms with E-state index in [1.807, 2.05) is 76.2 Å². The van der Waals surface area contributed by atoms with Gasteiger partial charge in [0.25, 0.3) is 11.8 Å². The highest BCUT2D eigenvalue weighted by Gasteiger charge is 2.38. The first-order chi connectivity index (χ1) is 13.4. The molecule has 0 fully saturated rings. The lowest BCUT2D eigenvalue weighted by Gasteiger charge is -2.14. The van der Waals surface area contributed by atoms with Crippen LogP contribution in [0.3, 0.4) is 0 Å². The number of aryl methyl sites for hydroxylation is 1. The molecule has 1 aliphatic heterocycles. The Balaban J connectivity index is 2.01. The quantitative estimate of drug-likeness (QED) is 0.726. The van der Waals surface area contributed by atoms with Crippen LogP contribution in [0.25, 0.3) is 5.57 Å². The van der Waals surface area contributed by atoms with Crippen molar-refractivity contribution in [2.75, 3.05) is 11.9 Å². The van der Waals surface area contributed by atoms with Crippen LogP contribution in [-0.4, -0.2) is 29.4 Å². The zero-order valence-corrected chi connectivity index (χ0v) is 16.8. The molecule has 0 spiro atoms. The lowest BCUT2D eigenvalue weighted by Crippen LogP contribution is -2.33. The number of amides is 2. The molecule has 3 rings (SSSR count). The summed E-state index contributed by atoms with van der Waals surface area (Å²) in [5, 5.41) is 3.18. The van der Waals surface area contributed by atoms with Gasteiger partial charge in [-0.05, 0) is 62.6 Å². The molecule has 0 saturated carbocycles. The third-order valence-electron chi connectivity index (χ3n) is 4.42. The predicted octanol–water partition coefficient (Wildman–Crippen LogP) is 4.38. The molecule has 5 heteroatoms. The summed E-state index contributed by atoms with van der Waals surface area (Å²) in [5.74, 6) is 0.181. The molecule has 28 heavy (non-hydrogen) atoms. The lowest BCUT2D eigenvalue weighted by molar-refractivity contribution is -0.136. The summed E-state index contributed by atoms with van der Waals surface area (Å²) in [6, 6.07) is 15.0. The molecule has 1 aliphatic rings. The van der Waals surface area contributed by atoms with E-state index >= 15 is 0 Å². The Hall–Kier alpha value is -3.08. The minimum absolute atomic E-state index is 0.0679. The van der Waals surface area contributed by atoms with Crippen LogP contribution in [0, 0.1) is 6.92 Å². The van der Waals surface area contributed by atoms with E-state index in [1.165, 1.54) is 4.90 Å². The van der Waals surface area contributed by atoms with Gasteiger partial charge in [0, 0.05) is 12.2 Å². The molecule has 0 aromatic heterocycles. The van der Waals surface area contributed by atoms with Crippen LogP contribution < -0.4 is 10.1 Å². The Labute approximate surface area is 166 Å². The number of ether oxygens (including phenoxy) is 1. The molecular weight excluding hydrogens is 352 g/mol. The van der Waals surface area contributed by atoms with Crippen molar-refractivity contribution < 1.29 is 14.3 Å². The van der Waals surface area contributed by atoms with Crippen molar-refractivity contribution in [2.45, 2.75) is 40.2 Å². The Morgan fingerprint density at radius 2 is 1.75 bits per heavy atom. The smallest absolute Gasteiger partial charge is 0.278 e. The van der Waals surface area contributed by atoms with Crippen molar-refractivity contribution in [3.63, 3.8) is 0 Å². The maximum absolute atomic E-state index is 13.0. The van der Waals surface area contributed by atoms with E-state index in [-0.39, 0.29) is 17.9 Å². The SMILES string of the molecule is CCCN1C(=O)C(Nc2cccc(C)c2)=C(c2ccc(OC(C)C)cc2)C1=O. The summed E-state index contributed by atoms with van der Waals surface area (Å²) in [6.45, 7) is 8.25. The lowest BCUT2D eigenvalue weighted by atomic mass is 10.0. The fourth-order valence-corrected chi connectivity index (χ4v) is 3.23. The van der Waals surface area contributed by atoms with Gasteiger partial charge in [-0.2, -0.15) is 0 Å². The molecule has 0 atom stereocenters. The molecule has 146 valence electrons. The number of rotatable bonds is 7. The third kappa shape index (κ3) is 4.09. The first-order valence-electron chi connectivity index (χ1n) is 9.62. The van der Waals surface area contributed by atoms with Crippen molar-refractivity contribution >= 4 is 23.1 Å². The summed E-state index contributed by atoms with van der Waals surface area (Å²) in [4.78, 5) is 27.3. The molecule has 2 aromatic rings. The molecule has 0 saturated heterocycles. The first-order valence-corrected chi connectivity index (χ1v) is 9.62. The molecule has 0 unspecified atom stereocenters. The van der Waals surface area contributed by atoms with Gasteiger partial charge in [0.05, 0.1) is 11.7 Å². The van der Waals surface area contributed by atoms with Gasteiger partial charge in [0.15, 0.2) is 0 Å². The molecule has 5 nitrogen and oxygen atoms in total. The number of nitrogens with zero attached hydrogens (tertiary/aromatic N) is 1. The summed E-state index contributed by atoms with van der Waals surface area (Å²) in [6.07, 6.45) is 0.780. The monoisotopic (exact) mass is 378 g/mol. The zero-order chi connectivity index (χ0) is 20.3. The average Bonchev–Trinajstić information content (AvgIpc) is 2.87. The number of hydrogen-bond donors (Lipinski definition) is 1. The van der Waals surface area contributed by atoms with Gasteiger partial charge in [-0.1, -0.05) is 31.2 Å². The first kappa shape index (κ1) is 19.7. The summed E-state index contributed by atoms with van der Waals surface area (Å²) in [5.41, 5.74) is 3.28. The van der Waals surface area contributed by atoms with Crippen LogP contribution >= 0.6 is 0 Å². The molecular formula is C23H26N2O3. The number of carbonyl (C=O) groups excluding carboxylic acids is 2. The molecule has 2 amide bonds. The van der Waals surface area contributed by atoms with Gasteiger partial charge in [-0.15, -0.1) is 0 Å². The number of anilines is 1. The number of imide groups is 1. The summed E-state index contributed by atoms with van der Waals surface area (Å²) >= 11 is 0. The van der Waals surface area contributed by atoms with Gasteiger partial charge >= 0.3 is 0 Å². The number of nitrogens with one attached hydrogen (secondary N) is 1. The van der Waals surface area contributed by atoms with E-state index in [0.717, 1.165) is 17.0 Å². The van der Waals surface area contributed by atoms with Crippen molar-refractivity contribution in [1.82, 2.24) is 4.90 Å². The van der Waals surface area contributed by atoms with Crippen LogP contribution in [0.1, 0.15) is 38.3 Å². The number of benzene rings is 2. The standard InChI is InChI=1S/C23H26N2O3/c1-5-13-25-22(26)20(17-9-11-19(12-10-17)28-15(2)3)21(23(25)27)24-18-8-6-7-16(4)14-18/h6-12,14-15,24H,5,13H2,1-4H3. The van der Waals surface area contributed by atoms with E-state index in [2.05, 4.69) is 5.32 Å². The minimum atomic E-state index is -0.286. The van der Waals surface area contributed by atoms with E-state index in [4.69, 9.17) is 4.74 Å². The Kier molecular flexibility index (Phi) is 5.83. The van der Waals surface area contributed by atoms with Gasteiger partial charge in [-0.3, -0.25) is 14.5 Å². The molecule has 2 aromatic carbocycles. The molecule has 0 aliphatic carbocycles. The third-order valence-corrected chi connectivity index (χ3v) is 4.42. The number of carbonyl (C=O) groups is 2. The maximum atomic E-state index is 13.0. The molecule has 0 radical (unpaired) electrons. The maximum Gasteiger partial charge on any atom is 0.278 e. The molecule has 0 bridgehead atoms. The highest BCUT2D eigenvalue weighted by Crippen LogP contribution is 2.31. The normalized spacial score (nSPS) is 14.2. The van der Waals surface area contributed by atoms with Crippen molar-refractivity contribution in [3.8, 4) is 5.75 Å². The van der Waals surface area contributed by atoms with Crippen LogP contribution in [0.5, 0.6) is 5.75 Å². The van der Waals surface area contributed by atoms with Gasteiger partial charge < -0.3 is 10.1 Å². The highest BCUT2D eigenvalue weighted by molar-refractivity contribution is 6.36. The largest absolute Gasteiger partial charge is 0.491 e. The molecule has 1 N–H and O–H groups in total. The minimum Gasteiger partial charge on any atom is -0.491 e. The van der Waals surface area contributed by atoms with Crippen molar-refractivity contribution in [2.24, 2.45) is 0 Å². The van der Waals surface area contributed by atoms with E-state index < -0.39 is 0 Å². The van der Waals surface area contributed by atoms with Crippen molar-refractivity contribution in [1.29, 1.82) is 0 Å². The summed E-state index contributed by atoms with van der Waals surface area (Å²) < 4.78 is 5.68. The highest BCUT2D eigenvalue weighted by atomic mass is 16.5. The fourth-order valence-electron chi connectivity index (χ4n) is 3.23. The Morgan fingerprint density at radius 3 is 2.36 bits per heavy atom. The van der Waals surface area contributed by atoms with Crippen LogP contribution in [0.15, 0.2) is 54.2 Å². The van der Waals surface area contributed by atoms with Gasteiger partial charge in [-0.25, -0.2) is 0 Å². The van der Waals surface area contributed by atoms with Gasteiger partial charge in [0.1, 0.15) is 11.4 Å². The predicted molar refractivity (Wildman–Crippen MR) is 111 cm³/mol. The topological polar surface area (TPSA) is 58.6 Å². The second-order valence-corrected chi connectivity index (χ2v) is 7.20. The van der Waals surface area contributed by atoms with E-state index in [9.17, 15) is 9.59 Å². The Morgan fingerprint density at radius 1 is 1.04 bits per heavy atom. The van der Waals surface area contributed by atoms with Crippen molar-refractivity contribution in [3.05, 3.63) is 65.4 Å². The van der Waals surface area contributed by atoms with E-state index in [1.54, 1.807) is 0 Å². The van der Waals surface area contributed by atoms with Gasteiger partial charge in [0.2, 0.25) is 0 Å². The van der Waals surface area contributed by atoms with Crippen LogP contribution in [0.2, 0.25) is 0 Å². The second-order valence-electron chi connectivity index (χ2n) is 7.20. The fraction of sp³-hybridized carbons (Fsp3) is 0.304. The number of hydrogen-bond acceptors (Lipinski definition) is 4. The van der Waals surface area contributed by atoms with Crippen LogP contribution in [0.4, 0.5) is 5.69 Å². The van der Waals surface area contributed by atoms with Crippen LogP contribution in [-0.2, 0) is 9.59 Å². The van der Waals surface area contributed by atoms with E-state index in [0.29, 0.717) is 29.8 Å². The summed E-state index contributed by atoms with van der Waals surface area (Å²) in [7, 11) is 0. The molecule has 1 heterocycles. The zero-order valence-electron chi connectivity index (χ0n) is 16.8. The second kappa shape index (κ2) is 8.30.